The van der Waals surface area contributed by atoms with Crippen molar-refractivity contribution < 1.29 is 14.2 Å². The molecule has 0 aromatic heterocycles. The van der Waals surface area contributed by atoms with Gasteiger partial charge in [0.1, 0.15) is 0 Å². The molecule has 1 aliphatic carbocycles. The van der Waals surface area contributed by atoms with Crippen LogP contribution in [0, 0.1) is 5.92 Å². The van der Waals surface area contributed by atoms with Crippen molar-refractivity contribution in [1.29, 1.82) is 0 Å². The largest absolute Gasteiger partial charge is 0.493 e. The minimum atomic E-state index is 0.507. The molecule has 1 saturated carbocycles. The van der Waals surface area contributed by atoms with Crippen LogP contribution in [0.3, 0.4) is 0 Å². The molecule has 1 saturated heterocycles. The van der Waals surface area contributed by atoms with Gasteiger partial charge in [0.25, 0.3) is 0 Å². The summed E-state index contributed by atoms with van der Waals surface area (Å²) in [7, 11) is 1.68. The van der Waals surface area contributed by atoms with Crippen LogP contribution in [0.1, 0.15) is 24.8 Å². The zero-order valence-electron chi connectivity index (χ0n) is 12.1. The predicted molar refractivity (Wildman–Crippen MR) is 77.3 cm³/mol. The molecule has 4 nitrogen and oxygen atoms in total. The Morgan fingerprint density at radius 3 is 2.85 bits per heavy atom. The second-order valence-corrected chi connectivity index (χ2v) is 5.68. The molecule has 0 amide bonds. The summed E-state index contributed by atoms with van der Waals surface area (Å²) in [4.78, 5) is 0. The predicted octanol–water partition coefficient (Wildman–Crippen LogP) is 2.36. The molecule has 0 radical (unpaired) electrons. The van der Waals surface area contributed by atoms with Gasteiger partial charge in [-0.25, -0.2) is 0 Å². The lowest BCUT2D eigenvalue weighted by molar-refractivity contribution is 0.165. The summed E-state index contributed by atoms with van der Waals surface area (Å²) in [5.74, 6) is 2.15. The lowest BCUT2D eigenvalue weighted by Crippen LogP contribution is -2.16. The highest BCUT2D eigenvalue weighted by Crippen LogP contribution is 2.29. The van der Waals surface area contributed by atoms with Crippen molar-refractivity contribution in [3.8, 4) is 11.5 Å². The van der Waals surface area contributed by atoms with E-state index in [0.717, 1.165) is 43.7 Å². The van der Waals surface area contributed by atoms with Crippen molar-refractivity contribution in [2.45, 2.75) is 31.8 Å². The molecular weight excluding hydrogens is 254 g/mol. The van der Waals surface area contributed by atoms with Gasteiger partial charge in [-0.1, -0.05) is 6.07 Å². The van der Waals surface area contributed by atoms with Gasteiger partial charge in [-0.2, -0.15) is 0 Å². The highest BCUT2D eigenvalue weighted by molar-refractivity contribution is 5.43. The summed E-state index contributed by atoms with van der Waals surface area (Å²) in [5, 5.41) is 3.52. The summed E-state index contributed by atoms with van der Waals surface area (Å²) in [6.07, 6.45) is 3.70. The molecule has 1 N–H and O–H groups in total. The quantitative estimate of drug-likeness (QED) is 0.830. The standard InChI is InChI=1S/C16H23NO3/c1-18-15-5-2-12(9-17-14-3-4-14)8-16(15)20-11-13-6-7-19-10-13/h2,5,8,13-14,17H,3-4,6-7,9-11H2,1H3. The molecule has 1 aromatic carbocycles. The van der Waals surface area contributed by atoms with Crippen molar-refractivity contribution in [2.75, 3.05) is 26.9 Å². The Morgan fingerprint density at radius 2 is 2.15 bits per heavy atom. The van der Waals surface area contributed by atoms with Gasteiger partial charge >= 0.3 is 0 Å². The van der Waals surface area contributed by atoms with Crippen LogP contribution in [0.2, 0.25) is 0 Å². The molecule has 110 valence electrons. The van der Waals surface area contributed by atoms with E-state index in [0.29, 0.717) is 12.5 Å². The van der Waals surface area contributed by atoms with Gasteiger partial charge in [-0.15, -0.1) is 0 Å². The summed E-state index contributed by atoms with van der Waals surface area (Å²) in [6.45, 7) is 3.27. The maximum absolute atomic E-state index is 5.94. The van der Waals surface area contributed by atoms with E-state index in [4.69, 9.17) is 14.2 Å². The van der Waals surface area contributed by atoms with Crippen LogP contribution >= 0.6 is 0 Å². The minimum absolute atomic E-state index is 0.507. The summed E-state index contributed by atoms with van der Waals surface area (Å²) >= 11 is 0. The lowest BCUT2D eigenvalue weighted by Gasteiger charge is -2.15. The first-order chi connectivity index (χ1) is 9.85. The van der Waals surface area contributed by atoms with Crippen molar-refractivity contribution in [2.24, 2.45) is 5.92 Å². The van der Waals surface area contributed by atoms with Gasteiger partial charge in [-0.05, 0) is 37.0 Å². The van der Waals surface area contributed by atoms with E-state index >= 15 is 0 Å². The first-order valence-corrected chi connectivity index (χ1v) is 7.46. The fourth-order valence-corrected chi connectivity index (χ4v) is 2.42. The zero-order valence-corrected chi connectivity index (χ0v) is 12.1. The lowest BCUT2D eigenvalue weighted by atomic mass is 10.1. The number of benzene rings is 1. The molecular formula is C16H23NO3. The molecule has 4 heteroatoms. The fraction of sp³-hybridized carbons (Fsp3) is 0.625. The molecule has 1 atom stereocenters. The Kier molecular flexibility index (Phi) is 4.43. The molecule has 20 heavy (non-hydrogen) atoms. The van der Waals surface area contributed by atoms with Gasteiger partial charge in [0.15, 0.2) is 11.5 Å². The number of methoxy groups -OCH3 is 1. The fourth-order valence-electron chi connectivity index (χ4n) is 2.42. The van der Waals surface area contributed by atoms with Crippen LogP contribution in [-0.2, 0) is 11.3 Å². The van der Waals surface area contributed by atoms with Gasteiger partial charge in [0.2, 0.25) is 0 Å². The molecule has 3 rings (SSSR count). The van der Waals surface area contributed by atoms with Crippen LogP contribution < -0.4 is 14.8 Å². The molecule has 0 spiro atoms. The van der Waals surface area contributed by atoms with Crippen LogP contribution in [-0.4, -0.2) is 33.0 Å². The Labute approximate surface area is 120 Å². The summed E-state index contributed by atoms with van der Waals surface area (Å²) in [5.41, 5.74) is 1.25. The van der Waals surface area contributed by atoms with E-state index in [1.165, 1.54) is 18.4 Å². The van der Waals surface area contributed by atoms with Crippen molar-refractivity contribution >= 4 is 0 Å². The second-order valence-electron chi connectivity index (χ2n) is 5.68. The number of rotatable bonds is 7. The Morgan fingerprint density at radius 1 is 1.25 bits per heavy atom. The molecule has 1 aromatic rings. The molecule has 1 unspecified atom stereocenters. The molecule has 1 heterocycles. The van der Waals surface area contributed by atoms with E-state index in [-0.39, 0.29) is 0 Å². The number of nitrogens with one attached hydrogen (secondary N) is 1. The van der Waals surface area contributed by atoms with Crippen molar-refractivity contribution in [3.05, 3.63) is 23.8 Å². The van der Waals surface area contributed by atoms with Crippen LogP contribution in [0.15, 0.2) is 18.2 Å². The van der Waals surface area contributed by atoms with E-state index in [2.05, 4.69) is 17.4 Å². The zero-order chi connectivity index (χ0) is 13.8. The SMILES string of the molecule is COc1ccc(CNC2CC2)cc1OCC1CCOC1. The number of ether oxygens (including phenoxy) is 3. The maximum atomic E-state index is 5.94. The van der Waals surface area contributed by atoms with Gasteiger partial charge in [-0.3, -0.25) is 0 Å². The number of hydrogen-bond donors (Lipinski definition) is 1. The second kappa shape index (κ2) is 6.46. The highest BCUT2D eigenvalue weighted by atomic mass is 16.5. The van der Waals surface area contributed by atoms with Gasteiger partial charge in [0.05, 0.1) is 20.3 Å². The van der Waals surface area contributed by atoms with E-state index < -0.39 is 0 Å². The van der Waals surface area contributed by atoms with E-state index in [1.54, 1.807) is 7.11 Å². The third-order valence-corrected chi connectivity index (χ3v) is 3.90. The highest BCUT2D eigenvalue weighted by Gasteiger charge is 2.20. The van der Waals surface area contributed by atoms with Crippen molar-refractivity contribution in [1.82, 2.24) is 5.32 Å². The monoisotopic (exact) mass is 277 g/mol. The molecule has 2 aliphatic rings. The number of hydrogen-bond acceptors (Lipinski definition) is 4. The maximum Gasteiger partial charge on any atom is 0.161 e. The normalized spacial score (nSPS) is 21.9. The third-order valence-electron chi connectivity index (χ3n) is 3.90. The van der Waals surface area contributed by atoms with Crippen LogP contribution in [0.5, 0.6) is 11.5 Å². The first-order valence-electron chi connectivity index (χ1n) is 7.46. The van der Waals surface area contributed by atoms with Crippen molar-refractivity contribution in [3.63, 3.8) is 0 Å². The first kappa shape index (κ1) is 13.7. The van der Waals surface area contributed by atoms with E-state index in [9.17, 15) is 0 Å². The molecule has 0 bridgehead atoms. The Balaban J connectivity index is 1.60. The van der Waals surface area contributed by atoms with E-state index in [1.807, 2.05) is 6.07 Å². The average Bonchev–Trinajstić information content (AvgIpc) is 3.17. The summed E-state index contributed by atoms with van der Waals surface area (Å²) in [6, 6.07) is 6.89. The van der Waals surface area contributed by atoms with Gasteiger partial charge in [0, 0.05) is 25.1 Å². The Hall–Kier alpha value is -1.26. The smallest absolute Gasteiger partial charge is 0.161 e. The topological polar surface area (TPSA) is 39.7 Å². The van der Waals surface area contributed by atoms with Crippen LogP contribution in [0.4, 0.5) is 0 Å². The molecule has 1 aliphatic heterocycles. The Bertz CT molecular complexity index is 439. The van der Waals surface area contributed by atoms with Gasteiger partial charge < -0.3 is 19.5 Å². The summed E-state index contributed by atoms with van der Waals surface area (Å²) < 4.78 is 16.7. The average molecular weight is 277 g/mol. The molecule has 2 fully saturated rings. The van der Waals surface area contributed by atoms with Crippen LogP contribution in [0.25, 0.3) is 0 Å². The third kappa shape index (κ3) is 3.64. The minimum Gasteiger partial charge on any atom is -0.493 e.